The number of nitrogens with one attached hydrogen (secondary N) is 2. The van der Waals surface area contributed by atoms with E-state index in [9.17, 15) is 9.18 Å². The van der Waals surface area contributed by atoms with Gasteiger partial charge >= 0.3 is 6.03 Å². The lowest BCUT2D eigenvalue weighted by atomic mass is 10.1. The highest BCUT2D eigenvalue weighted by molar-refractivity contribution is 6.03. The smallest absolute Gasteiger partial charge is 0.319 e. The van der Waals surface area contributed by atoms with E-state index < -0.39 is 5.82 Å². The number of hydrogen-bond donors (Lipinski definition) is 2. The van der Waals surface area contributed by atoms with E-state index in [1.807, 2.05) is 0 Å². The zero-order valence-electron chi connectivity index (χ0n) is 9.58. The quantitative estimate of drug-likeness (QED) is 0.810. The number of rotatable bonds is 1. The Labute approximate surface area is 102 Å². The van der Waals surface area contributed by atoms with E-state index in [0.717, 1.165) is 5.56 Å². The van der Waals surface area contributed by atoms with Crippen LogP contribution >= 0.6 is 0 Å². The number of aromatic nitrogens is 1. The highest BCUT2D eigenvalue weighted by Crippen LogP contribution is 2.31. The second-order valence-electron chi connectivity index (χ2n) is 3.97. The summed E-state index contributed by atoms with van der Waals surface area (Å²) in [5.41, 5.74) is 2.01. The van der Waals surface area contributed by atoms with Crippen LogP contribution in [0.4, 0.5) is 14.9 Å². The highest BCUT2D eigenvalue weighted by Gasteiger charge is 2.18. The molecule has 3 rings (SSSR count). The maximum atomic E-state index is 13.7. The third-order valence-corrected chi connectivity index (χ3v) is 2.90. The molecule has 0 atom stereocenters. The van der Waals surface area contributed by atoms with E-state index in [0.29, 0.717) is 23.1 Å². The zero-order valence-corrected chi connectivity index (χ0v) is 9.58. The Balaban J connectivity index is 2.28. The summed E-state index contributed by atoms with van der Waals surface area (Å²) in [6.07, 6.45) is 1.65. The van der Waals surface area contributed by atoms with Crippen LogP contribution in [0.3, 0.4) is 0 Å². The van der Waals surface area contributed by atoms with Gasteiger partial charge in [-0.25, -0.2) is 9.18 Å². The van der Waals surface area contributed by atoms with Crippen LogP contribution < -0.4 is 15.4 Å². The Morgan fingerprint density at radius 2 is 2.28 bits per heavy atom. The van der Waals surface area contributed by atoms with Gasteiger partial charge in [-0.1, -0.05) is 0 Å². The number of hydrogen-bond acceptors (Lipinski definition) is 3. The van der Waals surface area contributed by atoms with E-state index in [4.69, 9.17) is 4.74 Å². The van der Waals surface area contributed by atoms with E-state index >= 15 is 0 Å². The van der Waals surface area contributed by atoms with E-state index in [1.165, 1.54) is 19.2 Å². The SMILES string of the molecule is COc1cc2ncc3c(c2cc1F)NC(=O)NC3. The fourth-order valence-corrected chi connectivity index (χ4v) is 2.01. The van der Waals surface area contributed by atoms with Crippen LogP contribution in [0.1, 0.15) is 5.56 Å². The first-order valence-electron chi connectivity index (χ1n) is 5.39. The molecule has 2 heterocycles. The number of benzene rings is 1. The van der Waals surface area contributed by atoms with Crippen molar-refractivity contribution in [2.75, 3.05) is 12.4 Å². The molecule has 2 amide bonds. The minimum absolute atomic E-state index is 0.134. The van der Waals surface area contributed by atoms with Gasteiger partial charge in [-0.05, 0) is 6.07 Å². The van der Waals surface area contributed by atoms with Gasteiger partial charge in [0, 0.05) is 29.8 Å². The normalized spacial score (nSPS) is 13.8. The maximum Gasteiger partial charge on any atom is 0.319 e. The van der Waals surface area contributed by atoms with E-state index in [2.05, 4.69) is 15.6 Å². The summed E-state index contributed by atoms with van der Waals surface area (Å²) in [6, 6.07) is 2.54. The molecule has 92 valence electrons. The van der Waals surface area contributed by atoms with Crippen molar-refractivity contribution in [3.05, 3.63) is 29.7 Å². The molecule has 1 aliphatic heterocycles. The summed E-state index contributed by atoms with van der Waals surface area (Å²) in [7, 11) is 1.40. The average molecular weight is 247 g/mol. The summed E-state index contributed by atoms with van der Waals surface area (Å²) in [5.74, 6) is -0.344. The molecule has 1 aromatic heterocycles. The van der Waals surface area contributed by atoms with Gasteiger partial charge in [-0.15, -0.1) is 0 Å². The molecule has 6 heteroatoms. The molecule has 1 aromatic carbocycles. The molecule has 0 radical (unpaired) electrons. The first-order chi connectivity index (χ1) is 8.69. The van der Waals surface area contributed by atoms with Gasteiger partial charge in [-0.2, -0.15) is 0 Å². The number of pyridine rings is 1. The van der Waals surface area contributed by atoms with Crippen LogP contribution in [0.5, 0.6) is 5.75 Å². The lowest BCUT2D eigenvalue weighted by Gasteiger charge is -2.19. The number of anilines is 1. The Morgan fingerprint density at radius 3 is 3.06 bits per heavy atom. The van der Waals surface area contributed by atoms with Crippen LogP contribution in [0, 0.1) is 5.82 Å². The maximum absolute atomic E-state index is 13.7. The van der Waals surface area contributed by atoms with Crippen LogP contribution in [-0.2, 0) is 6.54 Å². The van der Waals surface area contributed by atoms with Gasteiger partial charge in [0.1, 0.15) is 0 Å². The van der Waals surface area contributed by atoms with Crippen molar-refractivity contribution >= 4 is 22.6 Å². The monoisotopic (exact) mass is 247 g/mol. The molecule has 0 fully saturated rings. The predicted octanol–water partition coefficient (Wildman–Crippen LogP) is 2.02. The topological polar surface area (TPSA) is 63.2 Å². The lowest BCUT2D eigenvalue weighted by molar-refractivity contribution is 0.251. The van der Waals surface area contributed by atoms with E-state index in [1.54, 1.807) is 6.20 Å². The second kappa shape index (κ2) is 3.83. The zero-order chi connectivity index (χ0) is 12.7. The number of carbonyl (C=O) groups excluding carboxylic acids is 1. The fraction of sp³-hybridized carbons (Fsp3) is 0.167. The number of halogens is 1. The molecule has 1 aliphatic rings. The number of methoxy groups -OCH3 is 1. The van der Waals surface area contributed by atoms with Gasteiger partial charge in [0.15, 0.2) is 11.6 Å². The Morgan fingerprint density at radius 1 is 1.44 bits per heavy atom. The second-order valence-corrected chi connectivity index (χ2v) is 3.97. The average Bonchev–Trinajstić information content (AvgIpc) is 2.38. The molecule has 0 saturated heterocycles. The van der Waals surface area contributed by atoms with Gasteiger partial charge < -0.3 is 15.4 Å². The molecule has 0 bridgehead atoms. The summed E-state index contributed by atoms with van der Waals surface area (Å²) in [5, 5.41) is 5.87. The number of fused-ring (bicyclic) bond motifs is 3. The first-order valence-corrected chi connectivity index (χ1v) is 5.39. The van der Waals surface area contributed by atoms with Crippen LogP contribution in [0.25, 0.3) is 10.9 Å². The third-order valence-electron chi connectivity index (χ3n) is 2.90. The lowest BCUT2D eigenvalue weighted by Crippen LogP contribution is -2.33. The molecule has 0 saturated carbocycles. The van der Waals surface area contributed by atoms with Gasteiger partial charge in [0.05, 0.1) is 18.3 Å². The predicted molar refractivity (Wildman–Crippen MR) is 64.1 cm³/mol. The molecule has 0 unspecified atom stereocenters. The van der Waals surface area contributed by atoms with Crippen LogP contribution in [0.2, 0.25) is 0 Å². The number of carbonyl (C=O) groups is 1. The number of urea groups is 1. The van der Waals surface area contributed by atoms with Crippen LogP contribution in [-0.4, -0.2) is 18.1 Å². The van der Waals surface area contributed by atoms with Crippen molar-refractivity contribution in [2.45, 2.75) is 6.54 Å². The Bertz CT molecular complexity index is 657. The van der Waals surface area contributed by atoms with Crippen molar-refractivity contribution in [3.8, 4) is 5.75 Å². The summed E-state index contributed by atoms with van der Waals surface area (Å²) in [4.78, 5) is 15.5. The number of nitrogens with zero attached hydrogens (tertiary/aromatic N) is 1. The van der Waals surface area contributed by atoms with Gasteiger partial charge in [0.2, 0.25) is 0 Å². The number of amides is 2. The molecule has 2 N–H and O–H groups in total. The summed E-state index contributed by atoms with van der Waals surface area (Å²) in [6.45, 7) is 0.387. The Kier molecular flexibility index (Phi) is 2.29. The van der Waals surface area contributed by atoms with Gasteiger partial charge in [0.25, 0.3) is 0 Å². The van der Waals surface area contributed by atoms with Crippen molar-refractivity contribution in [3.63, 3.8) is 0 Å². The Hall–Kier alpha value is -2.37. The summed E-state index contributed by atoms with van der Waals surface area (Å²) < 4.78 is 18.6. The fourth-order valence-electron chi connectivity index (χ4n) is 2.01. The van der Waals surface area contributed by atoms with Gasteiger partial charge in [-0.3, -0.25) is 4.98 Å². The molecule has 2 aromatic rings. The van der Waals surface area contributed by atoms with Crippen molar-refractivity contribution in [2.24, 2.45) is 0 Å². The minimum Gasteiger partial charge on any atom is -0.494 e. The van der Waals surface area contributed by atoms with Crippen molar-refractivity contribution < 1.29 is 13.9 Å². The molecular weight excluding hydrogens is 237 g/mol. The molecule has 0 spiro atoms. The number of ether oxygens (including phenoxy) is 1. The minimum atomic E-state index is -0.479. The molecule has 0 aliphatic carbocycles. The van der Waals surface area contributed by atoms with Crippen molar-refractivity contribution in [1.82, 2.24) is 10.3 Å². The van der Waals surface area contributed by atoms with Crippen molar-refractivity contribution in [1.29, 1.82) is 0 Å². The molecule has 5 nitrogen and oxygen atoms in total. The molecule has 18 heavy (non-hydrogen) atoms. The molecular formula is C12H10FN3O2. The summed E-state index contributed by atoms with van der Waals surface area (Å²) >= 11 is 0. The standard InChI is InChI=1S/C12H10FN3O2/c1-18-10-3-9-7(2-8(10)13)11-6(4-14-9)5-15-12(17)16-11/h2-4H,5H2,1H3,(H2,15,16,17). The van der Waals surface area contributed by atoms with E-state index in [-0.39, 0.29) is 11.8 Å². The largest absolute Gasteiger partial charge is 0.494 e. The van der Waals surface area contributed by atoms with Crippen LogP contribution in [0.15, 0.2) is 18.3 Å². The third kappa shape index (κ3) is 1.54. The highest BCUT2D eigenvalue weighted by atomic mass is 19.1. The first kappa shape index (κ1) is 10.8.